The average molecular weight is 362 g/mol. The lowest BCUT2D eigenvalue weighted by Crippen LogP contribution is -2.28. The van der Waals surface area contributed by atoms with Crippen LogP contribution < -0.4 is 0 Å². The minimum absolute atomic E-state index is 0.245. The summed E-state index contributed by atoms with van der Waals surface area (Å²) >= 11 is 6.64. The van der Waals surface area contributed by atoms with Gasteiger partial charge in [-0.05, 0) is 44.3 Å². The summed E-state index contributed by atoms with van der Waals surface area (Å²) in [5, 5.41) is 19.6. The number of aliphatic hydroxyl groups excluding tert-OH is 1. The van der Waals surface area contributed by atoms with Gasteiger partial charge in [0.1, 0.15) is 11.5 Å². The highest BCUT2D eigenvalue weighted by Crippen LogP contribution is 2.42. The van der Waals surface area contributed by atoms with Crippen molar-refractivity contribution in [3.63, 3.8) is 0 Å². The standard InChI is InChI=1S/C11H10Br2N2O2/c12-7-3-8(13)9(15-4-7)10(16)11(5-14)1-2-17-6-11/h3-4,10,16H,1-2,6H2. The van der Waals surface area contributed by atoms with Gasteiger partial charge in [0.15, 0.2) is 0 Å². The minimum Gasteiger partial charge on any atom is -0.385 e. The molecule has 0 aliphatic carbocycles. The Morgan fingerprint density at radius 2 is 2.35 bits per heavy atom. The molecular weight excluding hydrogens is 352 g/mol. The quantitative estimate of drug-likeness (QED) is 0.879. The summed E-state index contributed by atoms with van der Waals surface area (Å²) in [6.07, 6.45) is 1.18. The fourth-order valence-corrected chi connectivity index (χ4v) is 3.04. The lowest BCUT2D eigenvalue weighted by Gasteiger charge is -2.25. The van der Waals surface area contributed by atoms with Crippen LogP contribution in [0.15, 0.2) is 21.2 Å². The van der Waals surface area contributed by atoms with Crippen molar-refractivity contribution in [2.75, 3.05) is 13.2 Å². The maximum atomic E-state index is 10.3. The van der Waals surface area contributed by atoms with Gasteiger partial charge < -0.3 is 9.84 Å². The Labute approximate surface area is 116 Å². The SMILES string of the molecule is N#CC1(C(O)c2ncc(Br)cc2Br)CCOC1. The highest BCUT2D eigenvalue weighted by molar-refractivity contribution is 9.11. The molecule has 0 saturated carbocycles. The van der Waals surface area contributed by atoms with Gasteiger partial charge in [0.2, 0.25) is 0 Å². The first-order valence-corrected chi connectivity index (χ1v) is 6.66. The first kappa shape index (κ1) is 13.0. The Morgan fingerprint density at radius 3 is 2.88 bits per heavy atom. The molecular formula is C11H10Br2N2O2. The fraction of sp³-hybridized carbons (Fsp3) is 0.455. The van der Waals surface area contributed by atoms with Crippen LogP contribution >= 0.6 is 31.9 Å². The monoisotopic (exact) mass is 360 g/mol. The second kappa shape index (κ2) is 5.02. The maximum Gasteiger partial charge on any atom is 0.118 e. The van der Waals surface area contributed by atoms with E-state index in [9.17, 15) is 10.4 Å². The first-order chi connectivity index (χ1) is 8.09. The number of hydrogen-bond donors (Lipinski definition) is 1. The van der Waals surface area contributed by atoms with Gasteiger partial charge >= 0.3 is 0 Å². The van der Waals surface area contributed by atoms with Gasteiger partial charge in [-0.3, -0.25) is 4.98 Å². The third-order valence-corrected chi connectivity index (χ3v) is 3.96. The highest BCUT2D eigenvalue weighted by atomic mass is 79.9. The molecule has 0 bridgehead atoms. The van der Waals surface area contributed by atoms with Gasteiger partial charge in [-0.2, -0.15) is 5.26 Å². The summed E-state index contributed by atoms with van der Waals surface area (Å²) in [7, 11) is 0. The molecule has 1 fully saturated rings. The van der Waals surface area contributed by atoms with Gasteiger partial charge in [0.25, 0.3) is 0 Å². The van der Waals surface area contributed by atoms with Crippen LogP contribution in [0.4, 0.5) is 0 Å². The third kappa shape index (κ3) is 2.38. The summed E-state index contributed by atoms with van der Waals surface area (Å²) in [5.41, 5.74) is -0.413. The molecule has 2 unspecified atom stereocenters. The summed E-state index contributed by atoms with van der Waals surface area (Å²) in [6.45, 7) is 0.744. The molecule has 17 heavy (non-hydrogen) atoms. The number of aliphatic hydroxyl groups is 1. The van der Waals surface area contributed by atoms with E-state index in [1.165, 1.54) is 0 Å². The van der Waals surface area contributed by atoms with E-state index in [-0.39, 0.29) is 6.61 Å². The van der Waals surface area contributed by atoms with E-state index in [1.807, 2.05) is 0 Å². The molecule has 1 aliphatic rings. The molecule has 1 aromatic heterocycles. The summed E-state index contributed by atoms with van der Waals surface area (Å²) in [6, 6.07) is 3.97. The lowest BCUT2D eigenvalue weighted by molar-refractivity contribution is 0.0467. The van der Waals surface area contributed by atoms with Gasteiger partial charge in [-0.25, -0.2) is 0 Å². The molecule has 1 saturated heterocycles. The van der Waals surface area contributed by atoms with Crippen molar-refractivity contribution in [3.8, 4) is 6.07 Å². The number of nitrogens with zero attached hydrogens (tertiary/aromatic N) is 2. The van der Waals surface area contributed by atoms with E-state index < -0.39 is 11.5 Å². The van der Waals surface area contributed by atoms with E-state index in [0.717, 1.165) is 4.47 Å². The van der Waals surface area contributed by atoms with Crippen LogP contribution in [-0.4, -0.2) is 23.3 Å². The van der Waals surface area contributed by atoms with Crippen LogP contribution in [0.1, 0.15) is 18.2 Å². The van der Waals surface area contributed by atoms with E-state index in [2.05, 4.69) is 42.9 Å². The van der Waals surface area contributed by atoms with E-state index >= 15 is 0 Å². The zero-order valence-electron chi connectivity index (χ0n) is 8.86. The Kier molecular flexibility index (Phi) is 3.83. The molecule has 6 heteroatoms. The van der Waals surface area contributed by atoms with Gasteiger partial charge in [0, 0.05) is 21.7 Å². The molecule has 90 valence electrons. The minimum atomic E-state index is -0.947. The summed E-state index contributed by atoms with van der Waals surface area (Å²) < 4.78 is 6.72. The molecule has 0 amide bonds. The first-order valence-electron chi connectivity index (χ1n) is 5.07. The Balaban J connectivity index is 2.36. The van der Waals surface area contributed by atoms with Crippen molar-refractivity contribution in [1.29, 1.82) is 5.26 Å². The normalized spacial score (nSPS) is 25.5. The van der Waals surface area contributed by atoms with E-state index in [4.69, 9.17) is 4.74 Å². The summed E-state index contributed by atoms with van der Waals surface area (Å²) in [4.78, 5) is 4.16. The number of halogens is 2. The third-order valence-electron chi connectivity index (χ3n) is 2.89. The van der Waals surface area contributed by atoms with Crippen molar-refractivity contribution < 1.29 is 9.84 Å². The maximum absolute atomic E-state index is 10.3. The molecule has 1 aliphatic heterocycles. The molecule has 1 aromatic rings. The van der Waals surface area contributed by atoms with E-state index in [0.29, 0.717) is 23.2 Å². The summed E-state index contributed by atoms with van der Waals surface area (Å²) in [5.74, 6) is 0. The number of aromatic nitrogens is 1. The van der Waals surface area contributed by atoms with Crippen molar-refractivity contribution in [3.05, 3.63) is 26.9 Å². The average Bonchev–Trinajstić information content (AvgIpc) is 2.78. The Bertz CT molecular complexity index is 467. The molecule has 2 heterocycles. The lowest BCUT2D eigenvalue weighted by atomic mass is 9.81. The number of nitriles is 1. The van der Waals surface area contributed by atoms with Gasteiger partial charge in [0.05, 0.1) is 18.4 Å². The zero-order chi connectivity index (χ0) is 12.5. The molecule has 0 radical (unpaired) electrons. The molecule has 4 nitrogen and oxygen atoms in total. The number of pyridine rings is 1. The van der Waals surface area contributed by atoms with Crippen LogP contribution in [0.25, 0.3) is 0 Å². The molecule has 0 spiro atoms. The molecule has 1 N–H and O–H groups in total. The molecule has 2 atom stereocenters. The predicted octanol–water partition coefficient (Wildman–Crippen LogP) is 2.57. The topological polar surface area (TPSA) is 66.1 Å². The van der Waals surface area contributed by atoms with Crippen LogP contribution in [-0.2, 0) is 4.74 Å². The zero-order valence-corrected chi connectivity index (χ0v) is 12.0. The number of rotatable bonds is 2. The van der Waals surface area contributed by atoms with Crippen molar-refractivity contribution in [1.82, 2.24) is 4.98 Å². The van der Waals surface area contributed by atoms with Crippen LogP contribution in [0.5, 0.6) is 0 Å². The number of ether oxygens (including phenoxy) is 1. The smallest absolute Gasteiger partial charge is 0.118 e. The molecule has 0 aromatic carbocycles. The van der Waals surface area contributed by atoms with Crippen molar-refractivity contribution in [2.45, 2.75) is 12.5 Å². The van der Waals surface area contributed by atoms with Crippen molar-refractivity contribution in [2.24, 2.45) is 5.41 Å². The second-order valence-electron chi connectivity index (χ2n) is 3.99. The van der Waals surface area contributed by atoms with Crippen LogP contribution in [0.2, 0.25) is 0 Å². The number of hydrogen-bond acceptors (Lipinski definition) is 4. The second-order valence-corrected chi connectivity index (χ2v) is 5.76. The Hall–Kier alpha value is -0.480. The largest absolute Gasteiger partial charge is 0.385 e. The van der Waals surface area contributed by atoms with Crippen LogP contribution in [0.3, 0.4) is 0 Å². The van der Waals surface area contributed by atoms with E-state index in [1.54, 1.807) is 12.3 Å². The predicted molar refractivity (Wildman–Crippen MR) is 68.1 cm³/mol. The van der Waals surface area contributed by atoms with Crippen molar-refractivity contribution >= 4 is 31.9 Å². The van der Waals surface area contributed by atoms with Gasteiger partial charge in [-0.1, -0.05) is 0 Å². The fourth-order valence-electron chi connectivity index (χ4n) is 1.83. The van der Waals surface area contributed by atoms with Gasteiger partial charge in [-0.15, -0.1) is 0 Å². The molecule has 2 rings (SSSR count). The Morgan fingerprint density at radius 1 is 1.59 bits per heavy atom. The highest BCUT2D eigenvalue weighted by Gasteiger charge is 2.44. The van der Waals surface area contributed by atoms with Crippen LogP contribution in [0, 0.1) is 16.7 Å².